The summed E-state index contributed by atoms with van der Waals surface area (Å²) in [5.41, 5.74) is 1.28. The largest absolute Gasteiger partial charge is 0.494 e. The van der Waals surface area contributed by atoms with Crippen LogP contribution in [0.1, 0.15) is 64.9 Å². The van der Waals surface area contributed by atoms with Gasteiger partial charge in [-0.25, -0.2) is 0 Å². The van der Waals surface area contributed by atoms with E-state index < -0.39 is 0 Å². The molecule has 1 heteroatoms. The molecule has 0 aliphatic heterocycles. The smallest absolute Gasteiger partial charge is 0.119 e. The summed E-state index contributed by atoms with van der Waals surface area (Å²) in [6.45, 7) is 9.20. The van der Waals surface area contributed by atoms with Crippen LogP contribution in [0, 0.1) is 6.92 Å². The Balaban J connectivity index is 0.00000137. The Bertz CT molecular complexity index is 263. The Hall–Kier alpha value is -0.980. The van der Waals surface area contributed by atoms with Crippen molar-refractivity contribution in [2.75, 3.05) is 6.61 Å². The van der Waals surface area contributed by atoms with E-state index in [1.165, 1.54) is 44.1 Å². The number of unbranched alkanes of at least 4 members (excludes halogenated alkanes) is 5. The average molecular weight is 250 g/mol. The Kier molecular flexibility index (Phi) is 11.8. The molecule has 1 aromatic carbocycles. The van der Waals surface area contributed by atoms with Crippen molar-refractivity contribution in [2.24, 2.45) is 0 Å². The molecule has 18 heavy (non-hydrogen) atoms. The number of aryl methyl sites for hydroxylation is 1. The zero-order valence-corrected chi connectivity index (χ0v) is 12.7. The second-order valence-corrected chi connectivity index (χ2v) is 4.43. The predicted molar refractivity (Wildman–Crippen MR) is 81.4 cm³/mol. The SMILES string of the molecule is CC.CCCCCCCCOc1ccc(C)cc1. The molecule has 0 amide bonds. The Morgan fingerprint density at radius 3 is 2.00 bits per heavy atom. The highest BCUT2D eigenvalue weighted by Gasteiger charge is 1.93. The fourth-order valence-electron chi connectivity index (χ4n) is 1.71. The van der Waals surface area contributed by atoms with Gasteiger partial charge in [0.05, 0.1) is 6.61 Å². The summed E-state index contributed by atoms with van der Waals surface area (Å²) >= 11 is 0. The van der Waals surface area contributed by atoms with Crippen LogP contribution in [0.3, 0.4) is 0 Å². The third-order valence-corrected chi connectivity index (χ3v) is 2.79. The summed E-state index contributed by atoms with van der Waals surface area (Å²) in [5.74, 6) is 0.999. The molecule has 0 aromatic heterocycles. The summed E-state index contributed by atoms with van der Waals surface area (Å²) < 4.78 is 5.67. The van der Waals surface area contributed by atoms with Crippen molar-refractivity contribution in [1.82, 2.24) is 0 Å². The molecule has 0 aliphatic carbocycles. The lowest BCUT2D eigenvalue weighted by atomic mass is 10.1. The monoisotopic (exact) mass is 250 g/mol. The van der Waals surface area contributed by atoms with E-state index in [1.54, 1.807) is 0 Å². The third-order valence-electron chi connectivity index (χ3n) is 2.79. The van der Waals surface area contributed by atoms with Gasteiger partial charge >= 0.3 is 0 Å². The summed E-state index contributed by atoms with van der Waals surface area (Å²) in [5, 5.41) is 0. The summed E-state index contributed by atoms with van der Waals surface area (Å²) in [6, 6.07) is 8.28. The lowest BCUT2D eigenvalue weighted by molar-refractivity contribution is 0.304. The molecule has 1 rings (SSSR count). The molecular weight excluding hydrogens is 220 g/mol. The molecule has 0 saturated carbocycles. The second-order valence-electron chi connectivity index (χ2n) is 4.43. The van der Waals surface area contributed by atoms with Crippen LogP contribution in [-0.2, 0) is 0 Å². The number of hydrogen-bond acceptors (Lipinski definition) is 1. The van der Waals surface area contributed by atoms with Crippen LogP contribution in [0.2, 0.25) is 0 Å². The van der Waals surface area contributed by atoms with Crippen molar-refractivity contribution < 1.29 is 4.74 Å². The van der Waals surface area contributed by atoms with E-state index in [0.717, 1.165) is 12.4 Å². The van der Waals surface area contributed by atoms with Gasteiger partial charge in [-0.1, -0.05) is 70.6 Å². The summed E-state index contributed by atoms with van der Waals surface area (Å²) in [6.07, 6.45) is 7.90. The molecule has 1 aromatic rings. The van der Waals surface area contributed by atoms with Gasteiger partial charge in [-0.2, -0.15) is 0 Å². The molecule has 0 aliphatic rings. The number of rotatable bonds is 8. The molecule has 0 atom stereocenters. The van der Waals surface area contributed by atoms with Crippen molar-refractivity contribution >= 4 is 0 Å². The lowest BCUT2D eigenvalue weighted by Gasteiger charge is -2.06. The second kappa shape index (κ2) is 12.5. The predicted octanol–water partition coefficient (Wildman–Crippen LogP) is 5.76. The zero-order chi connectivity index (χ0) is 13.6. The van der Waals surface area contributed by atoms with Crippen LogP contribution in [0.5, 0.6) is 5.75 Å². The van der Waals surface area contributed by atoms with Crippen LogP contribution in [0.4, 0.5) is 0 Å². The van der Waals surface area contributed by atoms with Gasteiger partial charge in [0.1, 0.15) is 5.75 Å². The van der Waals surface area contributed by atoms with Crippen molar-refractivity contribution in [3.8, 4) is 5.75 Å². The van der Waals surface area contributed by atoms with Gasteiger partial charge in [0.2, 0.25) is 0 Å². The van der Waals surface area contributed by atoms with Gasteiger partial charge in [-0.05, 0) is 25.5 Å². The van der Waals surface area contributed by atoms with Gasteiger partial charge in [0.25, 0.3) is 0 Å². The molecule has 0 saturated heterocycles. The Labute approximate surface area is 114 Å². The van der Waals surface area contributed by atoms with Gasteiger partial charge in [0, 0.05) is 0 Å². The minimum absolute atomic E-state index is 0.856. The fraction of sp³-hybridized carbons (Fsp3) is 0.647. The molecule has 1 nitrogen and oxygen atoms in total. The first-order valence-corrected chi connectivity index (χ1v) is 7.52. The average Bonchev–Trinajstić information content (AvgIpc) is 2.42. The van der Waals surface area contributed by atoms with Crippen molar-refractivity contribution in [2.45, 2.75) is 66.2 Å². The molecular formula is C17H30O. The molecule has 104 valence electrons. The standard InChI is InChI=1S/C15H24O.C2H6/c1-3-4-5-6-7-8-13-16-15-11-9-14(2)10-12-15;1-2/h9-12H,3-8,13H2,1-2H3;1-2H3. The molecule has 0 bridgehead atoms. The highest BCUT2D eigenvalue weighted by Crippen LogP contribution is 2.12. The van der Waals surface area contributed by atoms with Gasteiger partial charge in [-0.3, -0.25) is 0 Å². The maximum Gasteiger partial charge on any atom is 0.119 e. The van der Waals surface area contributed by atoms with Crippen LogP contribution in [0.25, 0.3) is 0 Å². The van der Waals surface area contributed by atoms with E-state index in [4.69, 9.17) is 4.74 Å². The lowest BCUT2D eigenvalue weighted by Crippen LogP contribution is -1.97. The van der Waals surface area contributed by atoms with E-state index in [9.17, 15) is 0 Å². The topological polar surface area (TPSA) is 9.23 Å². The maximum atomic E-state index is 5.67. The first-order chi connectivity index (χ1) is 8.83. The van der Waals surface area contributed by atoms with E-state index in [-0.39, 0.29) is 0 Å². The quantitative estimate of drug-likeness (QED) is 0.533. The fourth-order valence-corrected chi connectivity index (χ4v) is 1.71. The first-order valence-electron chi connectivity index (χ1n) is 7.52. The minimum Gasteiger partial charge on any atom is -0.494 e. The number of hydrogen-bond donors (Lipinski definition) is 0. The Morgan fingerprint density at radius 2 is 1.39 bits per heavy atom. The molecule has 0 radical (unpaired) electrons. The zero-order valence-electron chi connectivity index (χ0n) is 12.7. The molecule has 0 N–H and O–H groups in total. The van der Waals surface area contributed by atoms with Crippen LogP contribution in [0.15, 0.2) is 24.3 Å². The third kappa shape index (κ3) is 9.09. The molecule has 0 heterocycles. The van der Waals surface area contributed by atoms with Crippen molar-refractivity contribution in [1.29, 1.82) is 0 Å². The number of benzene rings is 1. The Morgan fingerprint density at radius 1 is 0.833 bits per heavy atom. The highest BCUT2D eigenvalue weighted by atomic mass is 16.5. The maximum absolute atomic E-state index is 5.67. The first kappa shape index (κ1) is 17.0. The molecule has 0 fully saturated rings. The van der Waals surface area contributed by atoms with Crippen molar-refractivity contribution in [3.63, 3.8) is 0 Å². The van der Waals surface area contributed by atoms with E-state index in [2.05, 4.69) is 26.0 Å². The normalized spacial score (nSPS) is 9.56. The van der Waals surface area contributed by atoms with Gasteiger partial charge in [-0.15, -0.1) is 0 Å². The van der Waals surface area contributed by atoms with E-state index >= 15 is 0 Å². The molecule has 0 unspecified atom stereocenters. The van der Waals surface area contributed by atoms with Crippen LogP contribution in [-0.4, -0.2) is 6.61 Å². The van der Waals surface area contributed by atoms with Crippen LogP contribution < -0.4 is 4.74 Å². The molecule has 0 spiro atoms. The van der Waals surface area contributed by atoms with Gasteiger partial charge in [0.15, 0.2) is 0 Å². The van der Waals surface area contributed by atoms with Crippen LogP contribution >= 0.6 is 0 Å². The summed E-state index contributed by atoms with van der Waals surface area (Å²) in [7, 11) is 0. The number of ether oxygens (including phenoxy) is 1. The van der Waals surface area contributed by atoms with Gasteiger partial charge < -0.3 is 4.74 Å². The van der Waals surface area contributed by atoms with E-state index in [1.807, 2.05) is 26.0 Å². The minimum atomic E-state index is 0.856. The van der Waals surface area contributed by atoms with E-state index in [0.29, 0.717) is 0 Å². The highest BCUT2D eigenvalue weighted by molar-refractivity contribution is 5.26. The summed E-state index contributed by atoms with van der Waals surface area (Å²) in [4.78, 5) is 0. The van der Waals surface area contributed by atoms with Crippen molar-refractivity contribution in [3.05, 3.63) is 29.8 Å².